The summed E-state index contributed by atoms with van der Waals surface area (Å²) in [5.41, 5.74) is 1.69. The van der Waals surface area contributed by atoms with E-state index in [4.69, 9.17) is 18.9 Å². The number of phenols is 1. The number of carbonyl (C=O) groups is 1. The number of rotatable bonds is 13. The lowest BCUT2D eigenvalue weighted by Gasteiger charge is -2.30. The summed E-state index contributed by atoms with van der Waals surface area (Å²) in [5, 5.41) is 31.9. The zero-order chi connectivity index (χ0) is 30.5. The summed E-state index contributed by atoms with van der Waals surface area (Å²) in [6.45, 7) is 9.24. The van der Waals surface area contributed by atoms with Crippen LogP contribution in [0, 0.1) is 0 Å². The highest BCUT2D eigenvalue weighted by Crippen LogP contribution is 2.47. The molecule has 41 heavy (non-hydrogen) atoms. The molecule has 2 aromatic carbocycles. The molecule has 226 valence electrons. The van der Waals surface area contributed by atoms with E-state index >= 15 is 0 Å². The summed E-state index contributed by atoms with van der Waals surface area (Å²) in [4.78, 5) is 13.6. The van der Waals surface area contributed by atoms with E-state index < -0.39 is 17.3 Å². The molecule has 3 rings (SSSR count). The first kappa shape index (κ1) is 32.3. The van der Waals surface area contributed by atoms with E-state index in [2.05, 4.69) is 13.0 Å². The molecule has 0 aliphatic carbocycles. The van der Waals surface area contributed by atoms with E-state index in [1.807, 2.05) is 26.8 Å². The quantitative estimate of drug-likeness (QED) is 0.259. The molecule has 0 saturated heterocycles. The fourth-order valence-corrected chi connectivity index (χ4v) is 5.18. The van der Waals surface area contributed by atoms with Crippen molar-refractivity contribution in [2.24, 2.45) is 0 Å². The maximum Gasteiger partial charge on any atom is 0.182 e. The van der Waals surface area contributed by atoms with E-state index in [0.29, 0.717) is 59.0 Å². The fraction of sp³-hybridized carbons (Fsp3) is 0.545. The zero-order valence-corrected chi connectivity index (χ0v) is 25.7. The highest BCUT2D eigenvalue weighted by molar-refractivity contribution is 5.90. The van der Waals surface area contributed by atoms with Crippen LogP contribution in [0.3, 0.4) is 0 Å². The Morgan fingerprint density at radius 3 is 2.34 bits per heavy atom. The molecule has 0 amide bonds. The van der Waals surface area contributed by atoms with Crippen LogP contribution in [-0.4, -0.2) is 53.6 Å². The van der Waals surface area contributed by atoms with Gasteiger partial charge in [-0.15, -0.1) is 0 Å². The average molecular weight is 571 g/mol. The lowest BCUT2D eigenvalue weighted by molar-refractivity contribution is -0.126. The smallest absolute Gasteiger partial charge is 0.182 e. The van der Waals surface area contributed by atoms with E-state index in [-0.39, 0.29) is 24.4 Å². The molecule has 0 fully saturated rings. The van der Waals surface area contributed by atoms with Crippen LogP contribution in [-0.2, 0) is 24.1 Å². The summed E-state index contributed by atoms with van der Waals surface area (Å²) in [6, 6.07) is 5.27. The van der Waals surface area contributed by atoms with Gasteiger partial charge in [0, 0.05) is 41.2 Å². The van der Waals surface area contributed by atoms with Crippen LogP contribution in [0.2, 0.25) is 0 Å². The number of hydrogen-bond donors (Lipinski definition) is 3. The Balaban J connectivity index is 2.01. The monoisotopic (exact) mass is 570 g/mol. The van der Waals surface area contributed by atoms with Gasteiger partial charge in [0.1, 0.15) is 17.2 Å². The van der Waals surface area contributed by atoms with Crippen molar-refractivity contribution in [3.8, 4) is 28.7 Å². The molecule has 2 unspecified atom stereocenters. The van der Waals surface area contributed by atoms with Crippen LogP contribution in [0.25, 0.3) is 0 Å². The Morgan fingerprint density at radius 1 is 1.07 bits per heavy atom. The second kappa shape index (κ2) is 13.2. The molecular formula is C33H46O8. The molecule has 0 saturated carbocycles. The van der Waals surface area contributed by atoms with Gasteiger partial charge in [-0.25, -0.2) is 0 Å². The van der Waals surface area contributed by atoms with Crippen molar-refractivity contribution in [1.82, 2.24) is 0 Å². The Morgan fingerprint density at radius 2 is 1.76 bits per heavy atom. The summed E-state index contributed by atoms with van der Waals surface area (Å²) in [6.07, 6.45) is 4.69. The molecule has 0 radical (unpaired) electrons. The van der Waals surface area contributed by atoms with Crippen LogP contribution in [0.5, 0.6) is 28.7 Å². The summed E-state index contributed by atoms with van der Waals surface area (Å²) in [7, 11) is 4.64. The SMILES string of the molecule is CCC(C)(O)Cc1c(OC)cc2c(c1O)CC(=O)C(c1ccc(OC)c(OC)c1CC=C(C)CCCC(C)(C)O)O2. The number of benzene rings is 2. The largest absolute Gasteiger partial charge is 0.507 e. The third kappa shape index (κ3) is 7.74. The fourth-order valence-electron chi connectivity index (χ4n) is 5.18. The van der Waals surface area contributed by atoms with Crippen molar-refractivity contribution in [2.45, 2.75) is 96.9 Å². The van der Waals surface area contributed by atoms with Gasteiger partial charge in [0.05, 0.1) is 32.5 Å². The van der Waals surface area contributed by atoms with Crippen molar-refractivity contribution in [3.05, 3.63) is 52.1 Å². The average Bonchev–Trinajstić information content (AvgIpc) is 2.92. The van der Waals surface area contributed by atoms with Gasteiger partial charge < -0.3 is 34.3 Å². The maximum absolute atomic E-state index is 13.6. The third-order valence-electron chi connectivity index (χ3n) is 7.84. The molecule has 0 aromatic heterocycles. The standard InChI is InChI=1S/C33H46O8/c1-9-33(5,37)19-24-27(39-7)18-28-23(29(24)35)17-25(34)30(41-28)21-14-15-26(38-6)31(40-8)22(21)13-12-20(2)11-10-16-32(3,4)36/h12,14-15,18,30,35-37H,9-11,13,16-17,19H2,1-8H3. The van der Waals surface area contributed by atoms with Gasteiger partial charge >= 0.3 is 0 Å². The van der Waals surface area contributed by atoms with Gasteiger partial charge in [-0.2, -0.15) is 0 Å². The normalized spacial score (nSPS) is 17.0. The number of ether oxygens (including phenoxy) is 4. The van der Waals surface area contributed by atoms with Gasteiger partial charge in [0.15, 0.2) is 23.4 Å². The zero-order valence-electron chi connectivity index (χ0n) is 25.7. The molecule has 0 spiro atoms. The summed E-state index contributed by atoms with van der Waals surface area (Å²) in [5.74, 6) is 1.55. The van der Waals surface area contributed by atoms with Crippen molar-refractivity contribution < 1.29 is 39.1 Å². The summed E-state index contributed by atoms with van der Waals surface area (Å²) >= 11 is 0. The van der Waals surface area contributed by atoms with Crippen LogP contribution >= 0.6 is 0 Å². The van der Waals surface area contributed by atoms with Gasteiger partial charge in [-0.05, 0) is 65.9 Å². The lowest BCUT2D eigenvalue weighted by atomic mass is 9.87. The molecule has 8 heteroatoms. The Bertz CT molecular complexity index is 1270. The second-order valence-corrected chi connectivity index (χ2v) is 11.8. The van der Waals surface area contributed by atoms with Crippen LogP contribution in [0.15, 0.2) is 29.8 Å². The van der Waals surface area contributed by atoms with Gasteiger partial charge in [-0.3, -0.25) is 4.79 Å². The Hall–Kier alpha value is -3.23. The number of aromatic hydroxyl groups is 1. The van der Waals surface area contributed by atoms with Crippen LogP contribution < -0.4 is 18.9 Å². The number of methoxy groups -OCH3 is 3. The number of allylic oxidation sites excluding steroid dienone is 2. The van der Waals surface area contributed by atoms with Gasteiger partial charge in [-0.1, -0.05) is 24.6 Å². The van der Waals surface area contributed by atoms with Crippen molar-refractivity contribution in [3.63, 3.8) is 0 Å². The number of aliphatic hydroxyl groups is 2. The minimum atomic E-state index is -1.05. The molecule has 8 nitrogen and oxygen atoms in total. The summed E-state index contributed by atoms with van der Waals surface area (Å²) < 4.78 is 23.2. The van der Waals surface area contributed by atoms with Crippen LogP contribution in [0.4, 0.5) is 0 Å². The number of phenolic OH excluding ortho intramolecular Hbond substituents is 1. The number of ketones is 1. The topological polar surface area (TPSA) is 115 Å². The minimum absolute atomic E-state index is 0.0311. The number of hydrogen-bond acceptors (Lipinski definition) is 8. The minimum Gasteiger partial charge on any atom is -0.507 e. The molecule has 2 aromatic rings. The highest BCUT2D eigenvalue weighted by Gasteiger charge is 2.36. The van der Waals surface area contributed by atoms with Gasteiger partial charge in [0.2, 0.25) is 0 Å². The third-order valence-corrected chi connectivity index (χ3v) is 7.84. The van der Waals surface area contributed by atoms with E-state index in [1.54, 1.807) is 33.3 Å². The number of Topliss-reactive ketones (excluding diaryl/α,β-unsaturated/α-hetero) is 1. The maximum atomic E-state index is 13.6. The first-order valence-corrected chi connectivity index (χ1v) is 14.2. The molecule has 1 heterocycles. The number of fused-ring (bicyclic) bond motifs is 1. The molecule has 0 bridgehead atoms. The molecule has 1 aliphatic heterocycles. The van der Waals surface area contributed by atoms with E-state index in [1.165, 1.54) is 7.11 Å². The van der Waals surface area contributed by atoms with Gasteiger partial charge in [0.25, 0.3) is 0 Å². The first-order valence-electron chi connectivity index (χ1n) is 14.2. The predicted molar refractivity (Wildman–Crippen MR) is 159 cm³/mol. The molecular weight excluding hydrogens is 524 g/mol. The molecule has 2 atom stereocenters. The van der Waals surface area contributed by atoms with Crippen molar-refractivity contribution >= 4 is 5.78 Å². The highest BCUT2D eigenvalue weighted by atomic mass is 16.5. The second-order valence-electron chi connectivity index (χ2n) is 11.8. The Labute approximate surface area is 243 Å². The molecule has 1 aliphatic rings. The molecule has 3 N–H and O–H groups in total. The van der Waals surface area contributed by atoms with E-state index in [9.17, 15) is 20.1 Å². The predicted octanol–water partition coefficient (Wildman–Crippen LogP) is 5.80. The van der Waals surface area contributed by atoms with Crippen LogP contribution in [0.1, 0.15) is 88.7 Å². The van der Waals surface area contributed by atoms with Crippen molar-refractivity contribution in [2.75, 3.05) is 21.3 Å². The first-order chi connectivity index (χ1) is 19.2. The van der Waals surface area contributed by atoms with E-state index in [0.717, 1.165) is 24.0 Å². The lowest BCUT2D eigenvalue weighted by Crippen LogP contribution is -2.29. The Kier molecular flexibility index (Phi) is 10.4. The number of carbonyl (C=O) groups excluding carboxylic acids is 1. The van der Waals surface area contributed by atoms with Crippen molar-refractivity contribution in [1.29, 1.82) is 0 Å².